The lowest BCUT2D eigenvalue weighted by Crippen LogP contribution is -2.23. The molecule has 2 aromatic rings. The third-order valence-corrected chi connectivity index (χ3v) is 4.77. The van der Waals surface area contributed by atoms with Gasteiger partial charge in [-0.05, 0) is 23.8 Å². The van der Waals surface area contributed by atoms with Crippen molar-refractivity contribution in [1.29, 1.82) is 0 Å². The third-order valence-electron chi connectivity index (χ3n) is 2.62. The first kappa shape index (κ1) is 16.2. The zero-order valence-corrected chi connectivity index (χ0v) is 13.8. The largest absolute Gasteiger partial charge is 0.307 e. The van der Waals surface area contributed by atoms with Gasteiger partial charge in [-0.25, -0.2) is 24.0 Å². The van der Waals surface area contributed by atoms with E-state index in [9.17, 15) is 8.42 Å². The number of hydrazine groups is 1. The minimum atomic E-state index is -3.70. The Kier molecular flexibility index (Phi) is 5.17. The Balaban J connectivity index is 2.17. The van der Waals surface area contributed by atoms with Crippen LogP contribution in [0, 0.1) is 0 Å². The lowest BCUT2D eigenvalue weighted by atomic mass is 10.2. The maximum atomic E-state index is 12.2. The number of hydrogen-bond donors (Lipinski definition) is 3. The molecule has 0 unspecified atom stereocenters. The zero-order valence-electron chi connectivity index (χ0n) is 10.7. The van der Waals surface area contributed by atoms with Crippen LogP contribution in [0.15, 0.2) is 45.9 Å². The number of anilines is 1. The summed E-state index contributed by atoms with van der Waals surface area (Å²) >= 11 is 9.20. The smallest absolute Gasteiger partial charge is 0.242 e. The van der Waals surface area contributed by atoms with Gasteiger partial charge < -0.3 is 5.43 Å². The molecule has 0 aliphatic rings. The summed E-state index contributed by atoms with van der Waals surface area (Å²) in [5.41, 5.74) is 3.10. The Hall–Kier alpha value is -1.19. The van der Waals surface area contributed by atoms with Gasteiger partial charge in [-0.1, -0.05) is 39.7 Å². The number of nitrogen functional groups attached to an aromatic ring is 1. The van der Waals surface area contributed by atoms with E-state index in [0.717, 1.165) is 10.0 Å². The Morgan fingerprint density at radius 1 is 1.33 bits per heavy atom. The molecule has 1 aromatic carbocycles. The molecule has 2 rings (SSSR count). The number of benzene rings is 1. The van der Waals surface area contributed by atoms with Crippen molar-refractivity contribution in [2.24, 2.45) is 5.84 Å². The molecular weight excluding hydrogens is 380 g/mol. The minimum Gasteiger partial charge on any atom is -0.307 e. The predicted molar refractivity (Wildman–Crippen MR) is 85.2 cm³/mol. The number of rotatable bonds is 5. The molecule has 9 heteroatoms. The maximum Gasteiger partial charge on any atom is 0.242 e. The van der Waals surface area contributed by atoms with Crippen molar-refractivity contribution in [2.45, 2.75) is 11.4 Å². The predicted octanol–water partition coefficient (Wildman–Crippen LogP) is 2.26. The Bertz CT molecular complexity index is 755. The summed E-state index contributed by atoms with van der Waals surface area (Å²) in [6, 6.07) is 8.62. The number of nitrogens with one attached hydrogen (secondary N) is 2. The van der Waals surface area contributed by atoms with E-state index in [1.165, 1.54) is 12.3 Å². The van der Waals surface area contributed by atoms with Crippen LogP contribution in [0.3, 0.4) is 0 Å². The Morgan fingerprint density at radius 3 is 2.71 bits per heavy atom. The highest BCUT2D eigenvalue weighted by atomic mass is 79.9. The van der Waals surface area contributed by atoms with Gasteiger partial charge in [0.15, 0.2) is 5.82 Å². The molecule has 0 saturated carbocycles. The summed E-state index contributed by atoms with van der Waals surface area (Å²) in [6.45, 7) is 0.163. The van der Waals surface area contributed by atoms with E-state index in [1.807, 2.05) is 24.3 Å². The molecule has 0 aliphatic carbocycles. The first-order valence-corrected chi connectivity index (χ1v) is 8.44. The monoisotopic (exact) mass is 390 g/mol. The van der Waals surface area contributed by atoms with E-state index in [2.05, 4.69) is 31.1 Å². The van der Waals surface area contributed by atoms with Crippen LogP contribution in [0.5, 0.6) is 0 Å². The average Bonchev–Trinajstić information content (AvgIpc) is 2.45. The molecule has 0 fully saturated rings. The minimum absolute atomic E-state index is 0.0264. The number of nitrogens with two attached hydrogens (primary N) is 1. The van der Waals surface area contributed by atoms with E-state index in [0.29, 0.717) is 0 Å². The first-order chi connectivity index (χ1) is 9.92. The van der Waals surface area contributed by atoms with Crippen molar-refractivity contribution < 1.29 is 8.42 Å². The molecule has 0 atom stereocenters. The van der Waals surface area contributed by atoms with Crippen molar-refractivity contribution in [3.63, 3.8) is 0 Å². The molecule has 0 aliphatic heterocycles. The second-order valence-corrected chi connectivity index (χ2v) is 7.19. The molecule has 1 heterocycles. The Morgan fingerprint density at radius 2 is 2.10 bits per heavy atom. The number of sulfonamides is 1. The SMILES string of the molecule is NNc1ncc(S(=O)(=O)NCc2cccc(Br)c2)cc1Cl. The van der Waals surface area contributed by atoms with Crippen LogP contribution in [-0.4, -0.2) is 13.4 Å². The molecule has 0 spiro atoms. The fourth-order valence-corrected chi connectivity index (χ4v) is 3.30. The van der Waals surface area contributed by atoms with E-state index in [1.54, 1.807) is 0 Å². The normalized spacial score (nSPS) is 11.4. The van der Waals surface area contributed by atoms with Crippen LogP contribution in [-0.2, 0) is 16.6 Å². The van der Waals surface area contributed by atoms with Gasteiger partial charge in [-0.2, -0.15) is 0 Å². The fraction of sp³-hybridized carbons (Fsp3) is 0.0833. The van der Waals surface area contributed by atoms with E-state index in [4.69, 9.17) is 17.4 Å². The molecule has 0 saturated heterocycles. The summed E-state index contributed by atoms with van der Waals surface area (Å²) in [5.74, 6) is 5.40. The standard InChI is InChI=1S/C12H12BrClN4O2S/c13-9-3-1-2-8(4-9)6-17-21(19,20)10-5-11(14)12(18-15)16-7-10/h1-5,7,17H,6,15H2,(H,16,18). The summed E-state index contributed by atoms with van der Waals surface area (Å²) in [7, 11) is -3.70. The van der Waals surface area contributed by atoms with Gasteiger partial charge in [0, 0.05) is 17.2 Å². The molecule has 1 aromatic heterocycles. The highest BCUT2D eigenvalue weighted by Crippen LogP contribution is 2.21. The second kappa shape index (κ2) is 6.71. The van der Waals surface area contributed by atoms with Crippen LogP contribution in [0.1, 0.15) is 5.56 Å². The summed E-state index contributed by atoms with van der Waals surface area (Å²) in [5, 5.41) is 0.128. The highest BCUT2D eigenvalue weighted by molar-refractivity contribution is 9.10. The number of nitrogens with zero attached hydrogens (tertiary/aromatic N) is 1. The molecule has 0 bridgehead atoms. The number of pyridine rings is 1. The lowest BCUT2D eigenvalue weighted by Gasteiger charge is -2.08. The molecule has 6 nitrogen and oxygen atoms in total. The zero-order chi connectivity index (χ0) is 15.5. The molecule has 0 amide bonds. The third kappa shape index (κ3) is 4.14. The quantitative estimate of drug-likeness (QED) is 0.536. The molecule has 112 valence electrons. The van der Waals surface area contributed by atoms with Gasteiger partial charge in [-0.15, -0.1) is 0 Å². The lowest BCUT2D eigenvalue weighted by molar-refractivity contribution is 0.581. The summed E-state index contributed by atoms with van der Waals surface area (Å²) in [4.78, 5) is 3.81. The second-order valence-electron chi connectivity index (χ2n) is 4.10. The van der Waals surface area contributed by atoms with Crippen LogP contribution >= 0.6 is 27.5 Å². The van der Waals surface area contributed by atoms with Crippen LogP contribution in [0.4, 0.5) is 5.82 Å². The van der Waals surface area contributed by atoms with Gasteiger partial charge >= 0.3 is 0 Å². The van der Waals surface area contributed by atoms with E-state index >= 15 is 0 Å². The van der Waals surface area contributed by atoms with Gasteiger partial charge in [0.25, 0.3) is 0 Å². The van der Waals surface area contributed by atoms with Gasteiger partial charge in [0.05, 0.1) is 5.02 Å². The average molecular weight is 392 g/mol. The summed E-state index contributed by atoms with van der Waals surface area (Å²) < 4.78 is 27.7. The molecule has 4 N–H and O–H groups in total. The highest BCUT2D eigenvalue weighted by Gasteiger charge is 2.16. The number of hydrogen-bond acceptors (Lipinski definition) is 5. The first-order valence-electron chi connectivity index (χ1n) is 5.78. The molecule has 0 radical (unpaired) electrons. The van der Waals surface area contributed by atoms with Crippen molar-refractivity contribution >= 4 is 43.4 Å². The summed E-state index contributed by atoms with van der Waals surface area (Å²) in [6.07, 6.45) is 1.18. The van der Waals surface area contributed by atoms with Crippen LogP contribution in [0.2, 0.25) is 5.02 Å². The molecule has 21 heavy (non-hydrogen) atoms. The maximum absolute atomic E-state index is 12.2. The van der Waals surface area contributed by atoms with Crippen molar-refractivity contribution in [3.8, 4) is 0 Å². The fourth-order valence-electron chi connectivity index (χ4n) is 1.58. The Labute approximate surface area is 135 Å². The van der Waals surface area contributed by atoms with E-state index in [-0.39, 0.29) is 22.3 Å². The van der Waals surface area contributed by atoms with E-state index < -0.39 is 10.0 Å². The van der Waals surface area contributed by atoms with Gasteiger partial charge in [-0.3, -0.25) is 0 Å². The number of aromatic nitrogens is 1. The molecular formula is C12H12BrClN4O2S. The number of halogens is 2. The van der Waals surface area contributed by atoms with Gasteiger partial charge in [0.1, 0.15) is 4.90 Å². The van der Waals surface area contributed by atoms with Crippen LogP contribution in [0.25, 0.3) is 0 Å². The van der Waals surface area contributed by atoms with Gasteiger partial charge in [0.2, 0.25) is 10.0 Å². The van der Waals surface area contributed by atoms with Crippen molar-refractivity contribution in [1.82, 2.24) is 9.71 Å². The topological polar surface area (TPSA) is 97.1 Å². The van der Waals surface area contributed by atoms with Crippen LogP contribution < -0.4 is 16.0 Å². The van der Waals surface area contributed by atoms with Crippen molar-refractivity contribution in [3.05, 3.63) is 51.6 Å². The van der Waals surface area contributed by atoms with Crippen molar-refractivity contribution in [2.75, 3.05) is 5.43 Å².